The quantitative estimate of drug-likeness (QED) is 0.635. The van der Waals surface area contributed by atoms with E-state index < -0.39 is 29.9 Å². The van der Waals surface area contributed by atoms with Crippen molar-refractivity contribution in [3.8, 4) is 0 Å². The van der Waals surface area contributed by atoms with Gasteiger partial charge in [-0.1, -0.05) is 0 Å². The van der Waals surface area contributed by atoms with Gasteiger partial charge < -0.3 is 24.8 Å². The Bertz CT molecular complexity index is 494. The molecular formula is C12H16N2O6. The fraction of sp³-hybridized carbons (Fsp3) is 0.417. The minimum Gasteiger partial charge on any atom is -0.479 e. The lowest BCUT2D eigenvalue weighted by atomic mass is 10.1. The fourth-order valence-electron chi connectivity index (χ4n) is 1.28. The van der Waals surface area contributed by atoms with E-state index in [0.717, 1.165) is 11.8 Å². The first-order chi connectivity index (χ1) is 9.24. The predicted molar refractivity (Wildman–Crippen MR) is 66.9 cm³/mol. The van der Waals surface area contributed by atoms with Crippen LogP contribution in [-0.2, 0) is 9.59 Å². The van der Waals surface area contributed by atoms with Gasteiger partial charge in [-0.3, -0.25) is 9.59 Å². The van der Waals surface area contributed by atoms with Gasteiger partial charge >= 0.3 is 5.97 Å². The zero-order chi connectivity index (χ0) is 15.3. The number of likely N-dealkylation sites (N-methyl/N-ethyl adjacent to an activating group) is 1. The van der Waals surface area contributed by atoms with E-state index >= 15 is 0 Å². The summed E-state index contributed by atoms with van der Waals surface area (Å²) in [6.07, 6.45) is 1.34. The summed E-state index contributed by atoms with van der Waals surface area (Å²) in [5.74, 6) is -2.42. The molecule has 3 N–H and O–H groups in total. The molecule has 110 valence electrons. The second-order valence-corrected chi connectivity index (χ2v) is 4.49. The number of carboxylic acids is 1. The molecule has 2 amide bonds. The van der Waals surface area contributed by atoms with Gasteiger partial charge in [0.15, 0.2) is 11.4 Å². The molecule has 1 aromatic heterocycles. The zero-order valence-corrected chi connectivity index (χ0v) is 11.1. The van der Waals surface area contributed by atoms with Crippen molar-refractivity contribution in [3.05, 3.63) is 24.2 Å². The molecule has 0 aromatic carbocycles. The number of aliphatic hydroxyl groups is 1. The third-order valence-electron chi connectivity index (χ3n) is 2.55. The van der Waals surface area contributed by atoms with E-state index in [1.807, 2.05) is 0 Å². The molecule has 8 nitrogen and oxygen atoms in total. The molecular weight excluding hydrogens is 268 g/mol. The summed E-state index contributed by atoms with van der Waals surface area (Å²) in [5, 5.41) is 20.3. The molecule has 0 bridgehead atoms. The summed E-state index contributed by atoms with van der Waals surface area (Å²) in [7, 11) is 1.40. The number of hydrogen-bond acceptors (Lipinski definition) is 5. The Morgan fingerprint density at radius 1 is 1.45 bits per heavy atom. The largest absolute Gasteiger partial charge is 0.479 e. The van der Waals surface area contributed by atoms with E-state index in [1.54, 1.807) is 6.07 Å². The van der Waals surface area contributed by atoms with Gasteiger partial charge in [-0.15, -0.1) is 0 Å². The Morgan fingerprint density at radius 3 is 2.60 bits per heavy atom. The van der Waals surface area contributed by atoms with Crippen LogP contribution >= 0.6 is 0 Å². The van der Waals surface area contributed by atoms with E-state index in [0.29, 0.717) is 0 Å². The van der Waals surface area contributed by atoms with Crippen LogP contribution in [0.5, 0.6) is 0 Å². The highest BCUT2D eigenvalue weighted by Crippen LogP contribution is 2.04. The summed E-state index contributed by atoms with van der Waals surface area (Å²) >= 11 is 0. The number of carbonyl (C=O) groups is 3. The van der Waals surface area contributed by atoms with Crippen molar-refractivity contribution in [1.29, 1.82) is 0 Å². The second kappa shape index (κ2) is 6.20. The number of nitrogens with zero attached hydrogens (tertiary/aromatic N) is 1. The average molecular weight is 284 g/mol. The molecule has 1 aromatic rings. The van der Waals surface area contributed by atoms with Gasteiger partial charge in [0.25, 0.3) is 5.91 Å². The Labute approximate surface area is 115 Å². The summed E-state index contributed by atoms with van der Waals surface area (Å²) in [6, 6.07) is 3.01. The first-order valence-corrected chi connectivity index (χ1v) is 5.75. The molecule has 0 aliphatic heterocycles. The molecule has 0 fully saturated rings. The Hall–Kier alpha value is -2.35. The highest BCUT2D eigenvalue weighted by Gasteiger charge is 2.30. The topological polar surface area (TPSA) is 120 Å². The molecule has 1 unspecified atom stereocenters. The minimum atomic E-state index is -2.06. The van der Waals surface area contributed by atoms with Crippen LogP contribution in [0.1, 0.15) is 17.5 Å². The van der Waals surface area contributed by atoms with Crippen molar-refractivity contribution >= 4 is 17.8 Å². The molecule has 1 heterocycles. The van der Waals surface area contributed by atoms with Crippen LogP contribution < -0.4 is 5.32 Å². The van der Waals surface area contributed by atoms with Crippen molar-refractivity contribution in [2.24, 2.45) is 0 Å². The number of nitrogens with one attached hydrogen (secondary N) is 1. The van der Waals surface area contributed by atoms with Crippen molar-refractivity contribution in [3.63, 3.8) is 0 Å². The molecule has 0 aliphatic rings. The monoisotopic (exact) mass is 284 g/mol. The summed E-state index contributed by atoms with van der Waals surface area (Å²) in [6.45, 7) is 0.326. The SMILES string of the molecule is CN(CC(=O)NCC(C)(O)C(=O)O)C(=O)c1ccco1. The van der Waals surface area contributed by atoms with Crippen LogP contribution in [0.3, 0.4) is 0 Å². The lowest BCUT2D eigenvalue weighted by Crippen LogP contribution is -2.48. The number of furan rings is 1. The maximum atomic E-state index is 11.8. The normalized spacial score (nSPS) is 13.3. The van der Waals surface area contributed by atoms with E-state index in [2.05, 4.69) is 5.32 Å². The van der Waals surface area contributed by atoms with Crippen molar-refractivity contribution in [2.45, 2.75) is 12.5 Å². The van der Waals surface area contributed by atoms with Crippen LogP contribution in [0.4, 0.5) is 0 Å². The molecule has 0 saturated carbocycles. The van der Waals surface area contributed by atoms with E-state index in [1.165, 1.54) is 19.4 Å². The van der Waals surface area contributed by atoms with Crippen LogP contribution in [0.15, 0.2) is 22.8 Å². The third kappa shape index (κ3) is 4.09. The van der Waals surface area contributed by atoms with Gasteiger partial charge in [0.2, 0.25) is 5.91 Å². The molecule has 0 radical (unpaired) electrons. The molecule has 0 saturated heterocycles. The standard InChI is InChI=1S/C12H16N2O6/c1-12(19,11(17)18)7-13-9(15)6-14(2)10(16)8-4-3-5-20-8/h3-5,19H,6-7H2,1-2H3,(H,13,15)(H,17,18). The van der Waals surface area contributed by atoms with Crippen molar-refractivity contribution in [1.82, 2.24) is 10.2 Å². The first-order valence-electron chi connectivity index (χ1n) is 5.75. The van der Waals surface area contributed by atoms with Gasteiger partial charge in [0.05, 0.1) is 19.4 Å². The molecule has 20 heavy (non-hydrogen) atoms. The van der Waals surface area contributed by atoms with E-state index in [-0.39, 0.29) is 12.3 Å². The maximum Gasteiger partial charge on any atom is 0.337 e. The third-order valence-corrected chi connectivity index (χ3v) is 2.55. The zero-order valence-electron chi connectivity index (χ0n) is 11.1. The highest BCUT2D eigenvalue weighted by atomic mass is 16.4. The van der Waals surface area contributed by atoms with Gasteiger partial charge in [-0.2, -0.15) is 0 Å². The average Bonchev–Trinajstić information content (AvgIpc) is 2.89. The minimum absolute atomic E-state index is 0.0952. The fourth-order valence-corrected chi connectivity index (χ4v) is 1.28. The van der Waals surface area contributed by atoms with Crippen LogP contribution in [0.2, 0.25) is 0 Å². The Kier molecular flexibility index (Phi) is 4.87. The second-order valence-electron chi connectivity index (χ2n) is 4.49. The number of amides is 2. The highest BCUT2D eigenvalue weighted by molar-refractivity contribution is 5.94. The Morgan fingerprint density at radius 2 is 2.10 bits per heavy atom. The molecule has 8 heteroatoms. The van der Waals surface area contributed by atoms with Gasteiger partial charge in [0, 0.05) is 7.05 Å². The van der Waals surface area contributed by atoms with Gasteiger partial charge in [-0.05, 0) is 19.1 Å². The molecule has 1 atom stereocenters. The maximum absolute atomic E-state index is 11.8. The smallest absolute Gasteiger partial charge is 0.337 e. The van der Waals surface area contributed by atoms with Crippen molar-refractivity contribution in [2.75, 3.05) is 20.1 Å². The summed E-state index contributed by atoms with van der Waals surface area (Å²) < 4.78 is 4.90. The number of carbonyl (C=O) groups excluding carboxylic acids is 2. The molecule has 0 spiro atoms. The lowest BCUT2D eigenvalue weighted by Gasteiger charge is -2.20. The Balaban J connectivity index is 2.47. The summed E-state index contributed by atoms with van der Waals surface area (Å²) in [5.41, 5.74) is -2.06. The summed E-state index contributed by atoms with van der Waals surface area (Å²) in [4.78, 5) is 35.1. The number of rotatable bonds is 6. The number of carboxylic acid groups (broad SMARTS) is 1. The van der Waals surface area contributed by atoms with E-state index in [4.69, 9.17) is 9.52 Å². The van der Waals surface area contributed by atoms with E-state index in [9.17, 15) is 19.5 Å². The predicted octanol–water partition coefficient (Wildman–Crippen LogP) is -0.697. The van der Waals surface area contributed by atoms with Crippen LogP contribution in [0.25, 0.3) is 0 Å². The number of hydrogen-bond donors (Lipinski definition) is 3. The van der Waals surface area contributed by atoms with Gasteiger partial charge in [-0.25, -0.2) is 4.79 Å². The van der Waals surface area contributed by atoms with Crippen LogP contribution in [0, 0.1) is 0 Å². The first kappa shape index (κ1) is 15.7. The van der Waals surface area contributed by atoms with Crippen LogP contribution in [-0.4, -0.2) is 58.6 Å². The lowest BCUT2D eigenvalue weighted by molar-refractivity contribution is -0.156. The molecule has 0 aliphatic carbocycles. The molecule has 1 rings (SSSR count). The van der Waals surface area contributed by atoms with Gasteiger partial charge in [0.1, 0.15) is 0 Å². The number of aliphatic carboxylic acids is 1. The van der Waals surface area contributed by atoms with Crippen molar-refractivity contribution < 1.29 is 29.0 Å².